The summed E-state index contributed by atoms with van der Waals surface area (Å²) >= 11 is 0. The van der Waals surface area contributed by atoms with Gasteiger partial charge in [-0.1, -0.05) is 45.4 Å². The van der Waals surface area contributed by atoms with E-state index in [2.05, 4.69) is 17.1 Å². The number of nitrogens with two attached hydrogens (primary N) is 1. The van der Waals surface area contributed by atoms with Crippen LogP contribution in [0, 0.1) is 0 Å². The van der Waals surface area contributed by atoms with Crippen molar-refractivity contribution >= 4 is 5.91 Å². The summed E-state index contributed by atoms with van der Waals surface area (Å²) in [5.74, 6) is -0.190. The second-order valence-corrected chi connectivity index (χ2v) is 5.28. The average Bonchev–Trinajstić information content (AvgIpc) is 2.38. The summed E-state index contributed by atoms with van der Waals surface area (Å²) in [5, 5.41) is 3.23. The third-order valence-corrected chi connectivity index (χ3v) is 3.73. The summed E-state index contributed by atoms with van der Waals surface area (Å²) in [4.78, 5) is 13.6. The Hall–Kier alpha value is -0.610. The van der Waals surface area contributed by atoms with Crippen molar-refractivity contribution in [2.45, 2.75) is 57.9 Å². The summed E-state index contributed by atoms with van der Waals surface area (Å²) < 4.78 is 0. The number of carbonyl (C=O) groups excluding carboxylic acids is 1. The highest BCUT2D eigenvalue weighted by Crippen LogP contribution is 2.09. The van der Waals surface area contributed by atoms with Gasteiger partial charge in [0, 0.05) is 19.6 Å². The molecule has 1 fully saturated rings. The summed E-state index contributed by atoms with van der Waals surface area (Å²) in [5.41, 5.74) is 5.42. The van der Waals surface area contributed by atoms with Crippen molar-refractivity contribution in [3.63, 3.8) is 0 Å². The number of carbonyl (C=O) groups is 1. The van der Waals surface area contributed by atoms with E-state index in [9.17, 15) is 4.79 Å². The van der Waals surface area contributed by atoms with Crippen LogP contribution < -0.4 is 11.1 Å². The monoisotopic (exact) mass is 255 g/mol. The van der Waals surface area contributed by atoms with Gasteiger partial charge in [0.15, 0.2) is 0 Å². The zero-order chi connectivity index (χ0) is 13.2. The Morgan fingerprint density at radius 2 is 1.89 bits per heavy atom. The molecule has 1 atom stereocenters. The second-order valence-electron chi connectivity index (χ2n) is 5.28. The number of amides is 1. The van der Waals surface area contributed by atoms with Gasteiger partial charge in [-0.2, -0.15) is 0 Å². The van der Waals surface area contributed by atoms with Crippen molar-refractivity contribution < 1.29 is 4.79 Å². The minimum absolute atomic E-state index is 0.0983. The fraction of sp³-hybridized carbons (Fsp3) is 0.929. The smallest absolute Gasteiger partial charge is 0.236 e. The molecule has 106 valence electrons. The van der Waals surface area contributed by atoms with Gasteiger partial charge in [-0.3, -0.25) is 9.69 Å². The molecule has 0 spiro atoms. The van der Waals surface area contributed by atoms with Gasteiger partial charge < -0.3 is 11.1 Å². The first-order valence-electron chi connectivity index (χ1n) is 7.49. The van der Waals surface area contributed by atoms with Gasteiger partial charge in [0.1, 0.15) is 6.04 Å². The van der Waals surface area contributed by atoms with E-state index in [4.69, 9.17) is 5.73 Å². The maximum absolute atomic E-state index is 11.3. The van der Waals surface area contributed by atoms with Crippen LogP contribution in [0.25, 0.3) is 0 Å². The van der Waals surface area contributed by atoms with Gasteiger partial charge in [0.05, 0.1) is 0 Å². The Balaban J connectivity index is 2.07. The van der Waals surface area contributed by atoms with Crippen LogP contribution >= 0.6 is 0 Å². The van der Waals surface area contributed by atoms with Crippen LogP contribution in [0.1, 0.15) is 51.9 Å². The van der Waals surface area contributed by atoms with Crippen LogP contribution in [-0.4, -0.2) is 43.0 Å². The lowest BCUT2D eigenvalue weighted by Gasteiger charge is -2.34. The number of primary amides is 1. The molecular weight excluding hydrogens is 226 g/mol. The number of nitrogens with one attached hydrogen (secondary N) is 1. The fourth-order valence-corrected chi connectivity index (χ4v) is 2.57. The third-order valence-electron chi connectivity index (χ3n) is 3.73. The lowest BCUT2D eigenvalue weighted by atomic mass is 10.1. The number of hydrogen-bond acceptors (Lipinski definition) is 3. The van der Waals surface area contributed by atoms with E-state index < -0.39 is 0 Å². The molecule has 1 saturated heterocycles. The quantitative estimate of drug-likeness (QED) is 0.614. The van der Waals surface area contributed by atoms with Crippen molar-refractivity contribution in [3.8, 4) is 0 Å². The number of hydrogen-bond donors (Lipinski definition) is 2. The van der Waals surface area contributed by atoms with Gasteiger partial charge in [-0.15, -0.1) is 0 Å². The highest BCUT2D eigenvalue weighted by molar-refractivity contribution is 5.80. The van der Waals surface area contributed by atoms with Gasteiger partial charge in [-0.05, 0) is 13.0 Å². The predicted octanol–water partition coefficient (Wildman–Crippen LogP) is 1.50. The Labute approximate surface area is 111 Å². The molecular formula is C14H29N3O. The molecule has 0 radical (unpaired) electrons. The first-order valence-corrected chi connectivity index (χ1v) is 7.49. The molecule has 3 N–H and O–H groups in total. The van der Waals surface area contributed by atoms with Gasteiger partial charge in [0.25, 0.3) is 0 Å². The van der Waals surface area contributed by atoms with E-state index in [1.807, 2.05) is 0 Å². The standard InChI is InChI=1S/C14H29N3O/c1-2-3-4-5-6-7-8-10-17-11-9-16-12-13(17)14(15)18/h13,16H,2-12H2,1H3,(H2,15,18). The van der Waals surface area contributed by atoms with Crippen molar-refractivity contribution in [2.75, 3.05) is 26.2 Å². The van der Waals surface area contributed by atoms with Gasteiger partial charge in [0.2, 0.25) is 5.91 Å². The average molecular weight is 255 g/mol. The number of unbranched alkanes of at least 4 members (excludes halogenated alkanes) is 6. The molecule has 0 aromatic carbocycles. The molecule has 1 heterocycles. The Bertz CT molecular complexity index is 233. The molecule has 1 unspecified atom stereocenters. The normalized spacial score (nSPS) is 21.1. The molecule has 0 saturated carbocycles. The topological polar surface area (TPSA) is 58.4 Å². The van der Waals surface area contributed by atoms with E-state index in [0.717, 1.165) is 19.6 Å². The summed E-state index contributed by atoms with van der Waals surface area (Å²) in [6.07, 6.45) is 9.19. The largest absolute Gasteiger partial charge is 0.368 e. The maximum atomic E-state index is 11.3. The number of nitrogens with zero attached hydrogens (tertiary/aromatic N) is 1. The first-order chi connectivity index (χ1) is 8.75. The van der Waals surface area contributed by atoms with Crippen molar-refractivity contribution in [3.05, 3.63) is 0 Å². The first kappa shape index (κ1) is 15.4. The summed E-state index contributed by atoms with van der Waals surface area (Å²) in [6, 6.07) is -0.0983. The number of piperazine rings is 1. The third kappa shape index (κ3) is 5.83. The van der Waals surface area contributed by atoms with E-state index in [1.165, 1.54) is 44.9 Å². The van der Waals surface area contributed by atoms with Crippen molar-refractivity contribution in [1.29, 1.82) is 0 Å². The van der Waals surface area contributed by atoms with Crippen molar-refractivity contribution in [2.24, 2.45) is 5.73 Å². The van der Waals surface area contributed by atoms with E-state index >= 15 is 0 Å². The molecule has 0 aliphatic carbocycles. The maximum Gasteiger partial charge on any atom is 0.236 e. The van der Waals surface area contributed by atoms with E-state index in [1.54, 1.807) is 0 Å². The highest BCUT2D eigenvalue weighted by Gasteiger charge is 2.25. The lowest BCUT2D eigenvalue weighted by Crippen LogP contribution is -2.56. The van der Waals surface area contributed by atoms with Gasteiger partial charge in [-0.25, -0.2) is 0 Å². The molecule has 1 aliphatic heterocycles. The van der Waals surface area contributed by atoms with E-state index in [-0.39, 0.29) is 11.9 Å². The second kappa shape index (κ2) is 9.34. The van der Waals surface area contributed by atoms with Crippen LogP contribution in [-0.2, 0) is 4.79 Å². The molecule has 4 nitrogen and oxygen atoms in total. The highest BCUT2D eigenvalue weighted by atomic mass is 16.1. The SMILES string of the molecule is CCCCCCCCCN1CCNCC1C(N)=O. The molecule has 1 rings (SSSR count). The molecule has 1 aliphatic rings. The van der Waals surface area contributed by atoms with Crippen molar-refractivity contribution in [1.82, 2.24) is 10.2 Å². The predicted molar refractivity (Wildman–Crippen MR) is 75.4 cm³/mol. The molecule has 18 heavy (non-hydrogen) atoms. The number of rotatable bonds is 9. The summed E-state index contributed by atoms with van der Waals surface area (Å²) in [6.45, 7) is 5.90. The Morgan fingerprint density at radius 1 is 1.22 bits per heavy atom. The van der Waals surface area contributed by atoms with Crippen LogP contribution in [0.15, 0.2) is 0 Å². The molecule has 0 aromatic rings. The van der Waals surface area contributed by atoms with Crippen LogP contribution in [0.4, 0.5) is 0 Å². The molecule has 0 aromatic heterocycles. The fourth-order valence-electron chi connectivity index (χ4n) is 2.57. The van der Waals surface area contributed by atoms with Gasteiger partial charge >= 0.3 is 0 Å². The zero-order valence-corrected chi connectivity index (χ0v) is 11.8. The lowest BCUT2D eigenvalue weighted by molar-refractivity contribution is -0.123. The van der Waals surface area contributed by atoms with Crippen LogP contribution in [0.2, 0.25) is 0 Å². The molecule has 4 heteroatoms. The molecule has 1 amide bonds. The minimum atomic E-state index is -0.190. The van der Waals surface area contributed by atoms with Crippen LogP contribution in [0.5, 0.6) is 0 Å². The molecule has 0 bridgehead atoms. The zero-order valence-electron chi connectivity index (χ0n) is 11.8. The minimum Gasteiger partial charge on any atom is -0.368 e. The van der Waals surface area contributed by atoms with Crippen LogP contribution in [0.3, 0.4) is 0 Å². The summed E-state index contributed by atoms with van der Waals surface area (Å²) in [7, 11) is 0. The Kier molecular flexibility index (Phi) is 8.01. The Morgan fingerprint density at radius 3 is 2.56 bits per heavy atom. The van der Waals surface area contributed by atoms with E-state index in [0.29, 0.717) is 6.54 Å².